The van der Waals surface area contributed by atoms with Crippen LogP contribution in [0.1, 0.15) is 110 Å². The number of halogens is 3. The van der Waals surface area contributed by atoms with Gasteiger partial charge in [-0.3, -0.25) is 39.0 Å². The molecule has 0 saturated carbocycles. The Morgan fingerprint density at radius 3 is 1.43 bits per heavy atom. The summed E-state index contributed by atoms with van der Waals surface area (Å²) in [6.45, 7) is 25.4. The molecule has 141 heavy (non-hydrogen) atoms. The standard InChI is InChI=1S/C28H27N2.C23H17N2.C21H17F3N6.C12H14N3.C11H8N.C10H9N2.C9H7N2.5Ir.Pt/c1-18-9-8-10-19(2)26(18)25-17-29-27-22-12-7-6-11-21(22)23-15-20(16-28(3,4)5)13-14-24(23)30(25)27;1-15-8-7-9-16(2)22(15)21-14-24-23-19-12-4-3-10-17(19)18-11-5-6-13-20(18)25(21)23;1-14-25-10-12-29(14)17-8-4-6-15(27-17)20(2,3)16-7-5-9-18(28-16)30-13-11-26-19(30)21(22,23)24;1-3-7-11-13-12(15(2)14-11)10-8-5-4-6-9-10;1-2-6-10(7-3-1)11-8-4-5-9-12-11;1-9-4-2-5-10(8-9)12-7-3-6-11-12;1-2-5-9(6-3-1)11-8-4-7-10-11;;;;;;/h6-11,13-15,17H,16H2,1-5H3;3-11,13-14H,1-2H3;4-11H,1-3H3;4-6,8H,3,7H2,1-2H3;1-6,8-9H;2-4,6-8H,1H3;1-5,7-8H;;;;;;/q2*-1;-2;4*-1;;;;;;+2. The molecule has 12 heterocycles. The number of rotatable bonds is 13. The number of hydrogen-bond acceptors (Lipinski definition) is 11. The summed E-state index contributed by atoms with van der Waals surface area (Å²) in [6.07, 6.45) is 19.6. The maximum atomic E-state index is 13.2. The van der Waals surface area contributed by atoms with Crippen LogP contribution in [-0.2, 0) is 153 Å². The van der Waals surface area contributed by atoms with Gasteiger partial charge in [0, 0.05) is 214 Å². The fraction of sp³-hybridized carbons (Fsp3) is 0.167. The van der Waals surface area contributed by atoms with Gasteiger partial charge in [0.25, 0.3) is 0 Å². The molecule has 0 fully saturated rings. The summed E-state index contributed by atoms with van der Waals surface area (Å²) in [4.78, 5) is 35.1. The van der Waals surface area contributed by atoms with Crippen LogP contribution >= 0.6 is 0 Å². The zero-order valence-corrected chi connectivity index (χ0v) is 93.7. The molecule has 727 valence electrons. The van der Waals surface area contributed by atoms with Crippen molar-refractivity contribution in [2.45, 2.75) is 114 Å². The van der Waals surface area contributed by atoms with E-state index in [0.717, 1.165) is 109 Å². The van der Waals surface area contributed by atoms with E-state index >= 15 is 0 Å². The number of hydrogen-bond donors (Lipinski definition) is 0. The van der Waals surface area contributed by atoms with Crippen LogP contribution in [0.2, 0.25) is 0 Å². The number of nitrogens with zero attached hydrogens (tertiary/aromatic N) is 18. The summed E-state index contributed by atoms with van der Waals surface area (Å²) in [5, 5.41) is 19.6. The van der Waals surface area contributed by atoms with E-state index in [0.29, 0.717) is 17.2 Å². The van der Waals surface area contributed by atoms with Crippen molar-refractivity contribution in [3.8, 4) is 68.2 Å². The van der Waals surface area contributed by atoms with Gasteiger partial charge in [0.1, 0.15) is 11.6 Å². The maximum Gasteiger partial charge on any atom is 2.00 e. The van der Waals surface area contributed by atoms with Crippen LogP contribution in [0, 0.1) is 95.7 Å². The fourth-order valence-electron chi connectivity index (χ4n) is 16.4. The number of imidazole rings is 4. The first-order valence-corrected chi connectivity index (χ1v) is 44.5. The third-order valence-electron chi connectivity index (χ3n) is 22.7. The van der Waals surface area contributed by atoms with Crippen LogP contribution in [0.4, 0.5) is 13.2 Å². The van der Waals surface area contributed by atoms with E-state index in [9.17, 15) is 13.2 Å². The molecule has 0 N–H and O–H groups in total. The van der Waals surface area contributed by atoms with E-state index in [1.807, 2.05) is 215 Å². The Balaban J connectivity index is 0.000000174. The second-order valence-corrected chi connectivity index (χ2v) is 34.3. The molecule has 0 bridgehead atoms. The van der Waals surface area contributed by atoms with E-state index in [4.69, 9.17) is 15.0 Å². The smallest absolute Gasteiger partial charge is 0.451 e. The molecule has 22 aromatic rings. The third kappa shape index (κ3) is 26.2. The Morgan fingerprint density at radius 1 is 0.411 bits per heavy atom. The summed E-state index contributed by atoms with van der Waals surface area (Å²) < 4.78 is 52.2. The van der Waals surface area contributed by atoms with Crippen LogP contribution in [0.25, 0.3) is 123 Å². The Labute approximate surface area is 902 Å². The van der Waals surface area contributed by atoms with Crippen LogP contribution in [0.15, 0.2) is 329 Å². The number of alkyl halides is 3. The largest absolute Gasteiger partial charge is 2.00 e. The van der Waals surface area contributed by atoms with Gasteiger partial charge in [-0.2, -0.15) is 76.5 Å². The number of fused-ring (bicyclic) bond motifs is 12. The zero-order chi connectivity index (χ0) is 94.3. The first-order valence-electron chi connectivity index (χ1n) is 44.5. The quantitative estimate of drug-likeness (QED) is 0.0793. The van der Waals surface area contributed by atoms with Crippen molar-refractivity contribution in [1.82, 2.24) is 87.1 Å². The summed E-state index contributed by atoms with van der Waals surface area (Å²) >= 11 is 0. The maximum absolute atomic E-state index is 13.2. The Kier molecular flexibility index (Phi) is 39.6. The minimum atomic E-state index is -4.61. The van der Waals surface area contributed by atoms with E-state index in [1.54, 1.807) is 50.9 Å². The summed E-state index contributed by atoms with van der Waals surface area (Å²) in [6, 6.07) is 110. The van der Waals surface area contributed by atoms with Gasteiger partial charge in [-0.25, -0.2) is 0 Å². The minimum Gasteiger partial charge on any atom is -0.451 e. The molecule has 22 rings (SSSR count). The Bertz CT molecular complexity index is 7700. The number of para-hydroxylation sites is 2. The second kappa shape index (κ2) is 50.4. The third-order valence-corrected chi connectivity index (χ3v) is 22.7. The van der Waals surface area contributed by atoms with Gasteiger partial charge in [-0.1, -0.05) is 168 Å². The van der Waals surface area contributed by atoms with Crippen LogP contribution in [0.5, 0.6) is 0 Å². The number of aryl methyl sites for hydroxylation is 8. The number of aromatic nitrogens is 18. The molecule has 18 nitrogen and oxygen atoms in total. The summed E-state index contributed by atoms with van der Waals surface area (Å²) in [7, 11) is 1.92. The minimum absolute atomic E-state index is 0. The van der Waals surface area contributed by atoms with Crippen LogP contribution in [-0.4, -0.2) is 87.1 Å². The molecular weight excluding hydrogens is 2830 g/mol. The first-order chi connectivity index (χ1) is 65.4. The van der Waals surface area contributed by atoms with Crippen molar-refractivity contribution in [2.24, 2.45) is 12.5 Å². The molecule has 0 atom stereocenters. The van der Waals surface area contributed by atoms with E-state index in [2.05, 4.69) is 257 Å². The molecule has 27 heteroatoms. The molecule has 5 radical (unpaired) electrons. The summed E-state index contributed by atoms with van der Waals surface area (Å²) in [5.41, 5.74) is 22.6. The number of pyridine rings is 5. The van der Waals surface area contributed by atoms with Crippen molar-refractivity contribution in [3.05, 3.63) is 440 Å². The van der Waals surface area contributed by atoms with Gasteiger partial charge in [-0.05, 0) is 170 Å². The van der Waals surface area contributed by atoms with Crippen molar-refractivity contribution in [2.75, 3.05) is 0 Å². The molecule has 0 aliphatic heterocycles. The Hall–Kier alpha value is -12.2. The van der Waals surface area contributed by atoms with Gasteiger partial charge in [0.05, 0.1) is 28.5 Å². The van der Waals surface area contributed by atoms with E-state index in [-0.39, 0.29) is 133 Å². The predicted molar refractivity (Wildman–Crippen MR) is 531 cm³/mol. The van der Waals surface area contributed by atoms with E-state index < -0.39 is 17.4 Å². The van der Waals surface area contributed by atoms with Crippen LogP contribution in [0.3, 0.4) is 0 Å². The van der Waals surface area contributed by atoms with Crippen molar-refractivity contribution >= 4 is 54.6 Å². The van der Waals surface area contributed by atoms with Crippen molar-refractivity contribution in [1.29, 1.82) is 0 Å². The molecule has 0 amide bonds. The van der Waals surface area contributed by atoms with Gasteiger partial charge in [0.15, 0.2) is 0 Å². The average molecular weight is 2930 g/mol. The molecular formula is C114H99F3Ir5N18Pt-6. The van der Waals surface area contributed by atoms with E-state index in [1.165, 1.54) is 83.2 Å². The molecule has 12 aromatic heterocycles. The second-order valence-electron chi connectivity index (χ2n) is 34.3. The normalized spacial score (nSPS) is 10.9. The number of benzene rings is 10. The van der Waals surface area contributed by atoms with Crippen molar-refractivity contribution in [3.63, 3.8) is 0 Å². The topological polar surface area (TPSA) is 175 Å². The monoisotopic (exact) mass is 2940 g/mol. The Morgan fingerprint density at radius 2 is 0.915 bits per heavy atom. The summed E-state index contributed by atoms with van der Waals surface area (Å²) in [5.74, 6) is 2.20. The molecule has 0 aliphatic rings. The van der Waals surface area contributed by atoms with Gasteiger partial charge in [-0.15, -0.1) is 143 Å². The fourth-order valence-corrected chi connectivity index (χ4v) is 16.4. The molecule has 10 aromatic carbocycles. The van der Waals surface area contributed by atoms with Gasteiger partial charge < -0.3 is 32.9 Å². The van der Waals surface area contributed by atoms with Gasteiger partial charge >= 0.3 is 27.2 Å². The van der Waals surface area contributed by atoms with Crippen molar-refractivity contribution < 1.29 is 135 Å². The molecule has 0 saturated heterocycles. The average Bonchev–Trinajstić information content (AvgIpc) is 1.63. The zero-order valence-electron chi connectivity index (χ0n) is 79.5. The molecule has 0 unspecified atom stereocenters. The van der Waals surface area contributed by atoms with Crippen LogP contribution < -0.4 is 0 Å². The first kappa shape index (κ1) is 111. The predicted octanol–water partition coefficient (Wildman–Crippen LogP) is 25.6. The molecule has 0 aliphatic carbocycles. The van der Waals surface area contributed by atoms with Gasteiger partial charge in [0.2, 0.25) is 0 Å². The molecule has 0 spiro atoms. The SMILES string of the molecule is CCCc1nc(-c2[c-]cccc2)n(C)n1.Cc1cc[c-]c(-n2cccn2)c1.Cc1cccc(C)c1-c1cnc2c3[c-]cccc3c3cc(CC(C)(C)C)ccc3n12.Cc1cccc(C)c1-c1cnc2c3[c-]cccc3c3ccccc3n12.Cc1nc[c-]n1-c1cccc(C(C)(C)c2cccc(-n3[c-]cnc3C(F)(F)F)n2)n1.[Ir].[Ir].[Ir].[Ir].[Ir].[Pt+2].[c-]1ccccc1-c1ccccn1.[c-]1ccccc1-n1cccn1.